The molecule has 100 valence electrons. The first-order valence-electron chi connectivity index (χ1n) is 7.39. The molecular formula is C14H28N2S. The number of unbranched alkanes of at least 4 members (excludes halogenated alkanes) is 1. The minimum Gasteiger partial charge on any atom is -0.310 e. The average Bonchev–Trinajstić information content (AvgIpc) is 2.74. The number of hydrogen-bond donors (Lipinski definition) is 1. The van der Waals surface area contributed by atoms with Crippen molar-refractivity contribution < 1.29 is 0 Å². The van der Waals surface area contributed by atoms with E-state index in [-0.39, 0.29) is 0 Å². The van der Waals surface area contributed by atoms with Gasteiger partial charge in [0.15, 0.2) is 0 Å². The zero-order valence-corrected chi connectivity index (χ0v) is 12.3. The topological polar surface area (TPSA) is 15.3 Å². The Morgan fingerprint density at radius 1 is 1.24 bits per heavy atom. The Bertz CT molecular complexity index is 214. The van der Waals surface area contributed by atoms with E-state index in [1.807, 2.05) is 0 Å². The number of thioether (sulfide) groups is 1. The predicted octanol–water partition coefficient (Wildman–Crippen LogP) is 2.73. The van der Waals surface area contributed by atoms with Gasteiger partial charge in [0.2, 0.25) is 0 Å². The van der Waals surface area contributed by atoms with Crippen molar-refractivity contribution in [2.45, 2.75) is 63.3 Å². The summed E-state index contributed by atoms with van der Waals surface area (Å²) >= 11 is 2.13. The van der Waals surface area contributed by atoms with Crippen molar-refractivity contribution in [2.24, 2.45) is 0 Å². The standard InChI is InChI=1S/C14H28N2S/c1-3-4-8-16-9-5-13(6-10-16)15-14-7-11-17-12(14)2/h12-15H,3-11H2,1-2H3. The SMILES string of the molecule is CCCCN1CCC(NC2CCSC2C)CC1. The molecule has 1 N–H and O–H groups in total. The minimum absolute atomic E-state index is 0.784. The molecular weight excluding hydrogens is 228 g/mol. The van der Waals surface area contributed by atoms with Gasteiger partial charge in [0, 0.05) is 17.3 Å². The van der Waals surface area contributed by atoms with Gasteiger partial charge < -0.3 is 10.2 Å². The molecule has 0 aromatic rings. The molecule has 0 bridgehead atoms. The lowest BCUT2D eigenvalue weighted by Gasteiger charge is -2.34. The summed E-state index contributed by atoms with van der Waals surface area (Å²) in [4.78, 5) is 2.65. The second-order valence-corrected chi connectivity index (χ2v) is 7.09. The molecule has 2 aliphatic heterocycles. The Morgan fingerprint density at radius 2 is 2.00 bits per heavy atom. The zero-order chi connectivity index (χ0) is 12.1. The number of rotatable bonds is 5. The minimum atomic E-state index is 0.784. The number of nitrogens with zero attached hydrogens (tertiary/aromatic N) is 1. The van der Waals surface area contributed by atoms with E-state index < -0.39 is 0 Å². The van der Waals surface area contributed by atoms with E-state index in [0.717, 1.165) is 17.3 Å². The molecule has 2 unspecified atom stereocenters. The van der Waals surface area contributed by atoms with E-state index >= 15 is 0 Å². The van der Waals surface area contributed by atoms with Crippen LogP contribution in [-0.2, 0) is 0 Å². The molecule has 0 aromatic carbocycles. The van der Waals surface area contributed by atoms with Crippen molar-refractivity contribution in [1.82, 2.24) is 10.2 Å². The molecule has 17 heavy (non-hydrogen) atoms. The highest BCUT2D eigenvalue weighted by molar-refractivity contribution is 8.00. The molecule has 0 saturated carbocycles. The third-order valence-electron chi connectivity index (χ3n) is 4.24. The van der Waals surface area contributed by atoms with Crippen molar-refractivity contribution in [3.05, 3.63) is 0 Å². The molecule has 2 rings (SSSR count). The summed E-state index contributed by atoms with van der Waals surface area (Å²) in [5.41, 5.74) is 0. The Balaban J connectivity index is 1.65. The van der Waals surface area contributed by atoms with Crippen LogP contribution in [0.1, 0.15) is 46.0 Å². The molecule has 2 nitrogen and oxygen atoms in total. The van der Waals surface area contributed by atoms with Crippen LogP contribution in [0.4, 0.5) is 0 Å². The molecule has 2 aliphatic rings. The van der Waals surface area contributed by atoms with Crippen LogP contribution < -0.4 is 5.32 Å². The summed E-state index contributed by atoms with van der Waals surface area (Å²) in [6, 6.07) is 1.58. The molecule has 2 atom stereocenters. The van der Waals surface area contributed by atoms with Crippen molar-refractivity contribution in [1.29, 1.82) is 0 Å². The fourth-order valence-electron chi connectivity index (χ4n) is 2.96. The quantitative estimate of drug-likeness (QED) is 0.814. The van der Waals surface area contributed by atoms with Crippen LogP contribution in [0.15, 0.2) is 0 Å². The summed E-state index contributed by atoms with van der Waals surface area (Å²) < 4.78 is 0. The van der Waals surface area contributed by atoms with Gasteiger partial charge in [0.05, 0.1) is 0 Å². The first kappa shape index (κ1) is 13.7. The maximum absolute atomic E-state index is 3.90. The van der Waals surface area contributed by atoms with Gasteiger partial charge in [-0.15, -0.1) is 0 Å². The van der Waals surface area contributed by atoms with Crippen molar-refractivity contribution in [3.63, 3.8) is 0 Å². The third-order valence-corrected chi connectivity index (χ3v) is 5.57. The second kappa shape index (κ2) is 7.01. The lowest BCUT2D eigenvalue weighted by atomic mass is 10.0. The van der Waals surface area contributed by atoms with E-state index in [0.29, 0.717) is 0 Å². The molecule has 2 saturated heterocycles. The highest BCUT2D eigenvalue weighted by Gasteiger charge is 2.27. The highest BCUT2D eigenvalue weighted by atomic mass is 32.2. The lowest BCUT2D eigenvalue weighted by Crippen LogP contribution is -2.47. The summed E-state index contributed by atoms with van der Waals surface area (Å²) in [6.45, 7) is 8.61. The average molecular weight is 256 g/mol. The summed E-state index contributed by atoms with van der Waals surface area (Å²) in [6.07, 6.45) is 6.79. The van der Waals surface area contributed by atoms with Gasteiger partial charge in [0.25, 0.3) is 0 Å². The summed E-state index contributed by atoms with van der Waals surface area (Å²) in [5.74, 6) is 1.36. The van der Waals surface area contributed by atoms with Crippen LogP contribution in [0.5, 0.6) is 0 Å². The zero-order valence-electron chi connectivity index (χ0n) is 11.5. The largest absolute Gasteiger partial charge is 0.310 e. The molecule has 0 aromatic heterocycles. The highest BCUT2D eigenvalue weighted by Crippen LogP contribution is 2.27. The van der Waals surface area contributed by atoms with Gasteiger partial charge in [0.1, 0.15) is 0 Å². The molecule has 2 heterocycles. The number of nitrogens with one attached hydrogen (secondary N) is 1. The van der Waals surface area contributed by atoms with Gasteiger partial charge in [-0.1, -0.05) is 20.3 Å². The van der Waals surface area contributed by atoms with Crippen LogP contribution in [-0.4, -0.2) is 47.6 Å². The Labute approximate surface area is 111 Å². The summed E-state index contributed by atoms with van der Waals surface area (Å²) in [7, 11) is 0. The predicted molar refractivity (Wildman–Crippen MR) is 77.8 cm³/mol. The molecule has 2 fully saturated rings. The molecule has 0 spiro atoms. The summed E-state index contributed by atoms with van der Waals surface area (Å²) in [5, 5.41) is 4.72. The fourth-order valence-corrected chi connectivity index (χ4v) is 4.17. The van der Waals surface area contributed by atoms with Crippen molar-refractivity contribution in [2.75, 3.05) is 25.4 Å². The van der Waals surface area contributed by atoms with Gasteiger partial charge >= 0.3 is 0 Å². The van der Waals surface area contributed by atoms with Crippen LogP contribution in [0.25, 0.3) is 0 Å². The van der Waals surface area contributed by atoms with Crippen LogP contribution in [0.2, 0.25) is 0 Å². The van der Waals surface area contributed by atoms with E-state index in [9.17, 15) is 0 Å². The lowest BCUT2D eigenvalue weighted by molar-refractivity contribution is 0.188. The monoisotopic (exact) mass is 256 g/mol. The van der Waals surface area contributed by atoms with Gasteiger partial charge in [-0.3, -0.25) is 0 Å². The van der Waals surface area contributed by atoms with Gasteiger partial charge in [-0.2, -0.15) is 11.8 Å². The van der Waals surface area contributed by atoms with Crippen molar-refractivity contribution >= 4 is 11.8 Å². The van der Waals surface area contributed by atoms with Crippen LogP contribution in [0, 0.1) is 0 Å². The molecule has 0 amide bonds. The molecule has 3 heteroatoms. The number of hydrogen-bond acceptors (Lipinski definition) is 3. The second-order valence-electron chi connectivity index (χ2n) is 5.61. The first-order valence-corrected chi connectivity index (χ1v) is 8.44. The molecule has 0 aliphatic carbocycles. The number of piperidine rings is 1. The first-order chi connectivity index (χ1) is 8.29. The maximum atomic E-state index is 3.90. The Hall–Kier alpha value is 0.270. The Kier molecular flexibility index (Phi) is 5.64. The normalized spacial score (nSPS) is 32.1. The third kappa shape index (κ3) is 4.15. The van der Waals surface area contributed by atoms with E-state index in [4.69, 9.17) is 0 Å². The van der Waals surface area contributed by atoms with Gasteiger partial charge in [-0.05, 0) is 51.1 Å². The van der Waals surface area contributed by atoms with Crippen LogP contribution in [0.3, 0.4) is 0 Å². The maximum Gasteiger partial charge on any atom is 0.0194 e. The van der Waals surface area contributed by atoms with E-state index in [2.05, 4.69) is 35.8 Å². The van der Waals surface area contributed by atoms with E-state index in [1.165, 1.54) is 57.5 Å². The number of likely N-dealkylation sites (tertiary alicyclic amines) is 1. The van der Waals surface area contributed by atoms with Crippen LogP contribution >= 0.6 is 11.8 Å². The smallest absolute Gasteiger partial charge is 0.0194 e. The van der Waals surface area contributed by atoms with Crippen molar-refractivity contribution in [3.8, 4) is 0 Å². The Morgan fingerprint density at radius 3 is 2.59 bits per heavy atom. The fraction of sp³-hybridized carbons (Fsp3) is 1.00. The van der Waals surface area contributed by atoms with E-state index in [1.54, 1.807) is 0 Å². The van der Waals surface area contributed by atoms with Gasteiger partial charge in [-0.25, -0.2) is 0 Å². The molecule has 0 radical (unpaired) electrons.